The summed E-state index contributed by atoms with van der Waals surface area (Å²) in [6.07, 6.45) is 4.10. The van der Waals surface area contributed by atoms with Crippen LogP contribution in [0.1, 0.15) is 24.5 Å². The second-order valence-electron chi connectivity index (χ2n) is 3.88. The van der Waals surface area contributed by atoms with Crippen molar-refractivity contribution in [2.24, 2.45) is 11.7 Å². The SMILES string of the molecule is CCC(C(=O)NCc1ccncc1C)C(N)=S. The Morgan fingerprint density at radius 1 is 1.65 bits per heavy atom. The summed E-state index contributed by atoms with van der Waals surface area (Å²) in [6, 6.07) is 1.89. The van der Waals surface area contributed by atoms with Gasteiger partial charge in [-0.2, -0.15) is 0 Å². The molecule has 0 aliphatic heterocycles. The Hall–Kier alpha value is -1.49. The van der Waals surface area contributed by atoms with Gasteiger partial charge < -0.3 is 11.1 Å². The molecule has 0 saturated carbocycles. The predicted molar refractivity (Wildman–Crippen MR) is 71.4 cm³/mol. The van der Waals surface area contributed by atoms with Crippen molar-refractivity contribution in [3.05, 3.63) is 29.6 Å². The zero-order valence-electron chi connectivity index (χ0n) is 10.1. The lowest BCUT2D eigenvalue weighted by atomic mass is 10.1. The smallest absolute Gasteiger partial charge is 0.230 e. The highest BCUT2D eigenvalue weighted by Gasteiger charge is 2.18. The summed E-state index contributed by atoms with van der Waals surface area (Å²) < 4.78 is 0. The van der Waals surface area contributed by atoms with Gasteiger partial charge in [0.1, 0.15) is 0 Å². The second kappa shape index (κ2) is 6.30. The molecule has 92 valence electrons. The molecule has 0 spiro atoms. The van der Waals surface area contributed by atoms with Gasteiger partial charge in [0.15, 0.2) is 0 Å². The summed E-state index contributed by atoms with van der Waals surface area (Å²) in [6.45, 7) is 4.33. The Balaban J connectivity index is 2.59. The van der Waals surface area contributed by atoms with Crippen LogP contribution >= 0.6 is 12.2 Å². The summed E-state index contributed by atoms with van der Waals surface area (Å²) in [5.74, 6) is -0.497. The standard InChI is InChI=1S/C12H17N3OS/c1-3-10(11(13)17)12(16)15-7-9-4-5-14-6-8(9)2/h4-6,10H,3,7H2,1-2H3,(H2,13,17)(H,15,16). The molecule has 1 unspecified atom stereocenters. The van der Waals surface area contributed by atoms with E-state index in [1.807, 2.05) is 19.9 Å². The molecule has 0 saturated heterocycles. The van der Waals surface area contributed by atoms with Gasteiger partial charge in [0, 0.05) is 18.9 Å². The Morgan fingerprint density at radius 3 is 2.88 bits per heavy atom. The number of thiocarbonyl (C=S) groups is 1. The minimum Gasteiger partial charge on any atom is -0.393 e. The van der Waals surface area contributed by atoms with E-state index in [0.717, 1.165) is 11.1 Å². The van der Waals surface area contributed by atoms with Crippen molar-refractivity contribution < 1.29 is 4.79 Å². The molecule has 1 aromatic heterocycles. The van der Waals surface area contributed by atoms with Crippen molar-refractivity contribution in [1.29, 1.82) is 0 Å². The number of nitrogens with one attached hydrogen (secondary N) is 1. The van der Waals surface area contributed by atoms with Crippen LogP contribution in [0.5, 0.6) is 0 Å². The molecule has 1 aromatic rings. The fourth-order valence-corrected chi connectivity index (χ4v) is 1.80. The summed E-state index contributed by atoms with van der Waals surface area (Å²) in [5.41, 5.74) is 7.61. The first kappa shape index (κ1) is 13.6. The van der Waals surface area contributed by atoms with Crippen molar-refractivity contribution in [2.75, 3.05) is 0 Å². The van der Waals surface area contributed by atoms with Crippen LogP contribution in [0.4, 0.5) is 0 Å². The van der Waals surface area contributed by atoms with Gasteiger partial charge in [0.2, 0.25) is 5.91 Å². The van der Waals surface area contributed by atoms with E-state index in [-0.39, 0.29) is 16.8 Å². The van der Waals surface area contributed by atoms with E-state index in [9.17, 15) is 4.79 Å². The second-order valence-corrected chi connectivity index (χ2v) is 4.35. The number of amides is 1. The number of nitrogens with zero attached hydrogens (tertiary/aromatic N) is 1. The van der Waals surface area contributed by atoms with E-state index in [4.69, 9.17) is 18.0 Å². The lowest BCUT2D eigenvalue weighted by Gasteiger charge is -2.14. The van der Waals surface area contributed by atoms with Crippen LogP contribution in [-0.4, -0.2) is 15.9 Å². The molecule has 5 heteroatoms. The molecule has 0 bridgehead atoms. The van der Waals surface area contributed by atoms with Crippen molar-refractivity contribution in [1.82, 2.24) is 10.3 Å². The number of hydrogen-bond donors (Lipinski definition) is 2. The average molecular weight is 251 g/mol. The summed E-state index contributed by atoms with van der Waals surface area (Å²) in [4.78, 5) is 16.1. The van der Waals surface area contributed by atoms with E-state index in [2.05, 4.69) is 10.3 Å². The van der Waals surface area contributed by atoms with Gasteiger partial charge in [-0.25, -0.2) is 0 Å². The molecule has 0 aliphatic rings. The molecule has 0 radical (unpaired) electrons. The van der Waals surface area contributed by atoms with Gasteiger partial charge in [-0.3, -0.25) is 9.78 Å². The van der Waals surface area contributed by atoms with Gasteiger partial charge in [-0.1, -0.05) is 19.1 Å². The lowest BCUT2D eigenvalue weighted by molar-refractivity contribution is -0.123. The molecule has 1 atom stereocenters. The number of aromatic nitrogens is 1. The van der Waals surface area contributed by atoms with Gasteiger partial charge in [0.25, 0.3) is 0 Å². The minimum absolute atomic E-state index is 0.115. The Labute approximate surface area is 107 Å². The third-order valence-electron chi connectivity index (χ3n) is 2.66. The molecule has 17 heavy (non-hydrogen) atoms. The van der Waals surface area contributed by atoms with Crippen LogP contribution in [0.2, 0.25) is 0 Å². The topological polar surface area (TPSA) is 68.0 Å². The maximum absolute atomic E-state index is 11.8. The Morgan fingerprint density at radius 2 is 2.35 bits per heavy atom. The number of hydrogen-bond acceptors (Lipinski definition) is 3. The third kappa shape index (κ3) is 3.78. The number of carbonyl (C=O) groups excluding carboxylic acids is 1. The van der Waals surface area contributed by atoms with Crippen molar-refractivity contribution in [3.63, 3.8) is 0 Å². The molecule has 3 N–H and O–H groups in total. The molecule has 0 aromatic carbocycles. The molecule has 1 heterocycles. The monoisotopic (exact) mass is 251 g/mol. The van der Waals surface area contributed by atoms with E-state index in [0.29, 0.717) is 13.0 Å². The Bertz CT molecular complexity index is 420. The zero-order chi connectivity index (χ0) is 12.8. The molecule has 0 fully saturated rings. The van der Waals surface area contributed by atoms with E-state index < -0.39 is 0 Å². The fraction of sp³-hybridized carbons (Fsp3) is 0.417. The number of aryl methyl sites for hydroxylation is 1. The average Bonchev–Trinajstić information content (AvgIpc) is 2.28. The van der Waals surface area contributed by atoms with Crippen LogP contribution in [0.3, 0.4) is 0 Å². The highest BCUT2D eigenvalue weighted by Crippen LogP contribution is 2.07. The van der Waals surface area contributed by atoms with Crippen molar-refractivity contribution in [3.8, 4) is 0 Å². The first-order valence-corrected chi connectivity index (χ1v) is 5.93. The van der Waals surface area contributed by atoms with Gasteiger partial charge in [0.05, 0.1) is 10.9 Å². The van der Waals surface area contributed by atoms with E-state index in [1.54, 1.807) is 12.4 Å². The summed E-state index contributed by atoms with van der Waals surface area (Å²) >= 11 is 4.86. The largest absolute Gasteiger partial charge is 0.393 e. The van der Waals surface area contributed by atoms with E-state index in [1.165, 1.54) is 0 Å². The van der Waals surface area contributed by atoms with Gasteiger partial charge in [-0.15, -0.1) is 0 Å². The Kier molecular flexibility index (Phi) is 5.03. The highest BCUT2D eigenvalue weighted by atomic mass is 32.1. The van der Waals surface area contributed by atoms with Crippen molar-refractivity contribution >= 4 is 23.1 Å². The highest BCUT2D eigenvalue weighted by molar-refractivity contribution is 7.80. The first-order chi connectivity index (χ1) is 8.06. The molecule has 4 nitrogen and oxygen atoms in total. The maximum Gasteiger partial charge on any atom is 0.230 e. The molecule has 1 rings (SSSR count). The number of rotatable bonds is 5. The van der Waals surface area contributed by atoms with Crippen LogP contribution in [0, 0.1) is 12.8 Å². The number of nitrogens with two attached hydrogens (primary N) is 1. The van der Waals surface area contributed by atoms with Crippen LogP contribution in [0.25, 0.3) is 0 Å². The van der Waals surface area contributed by atoms with Crippen LogP contribution in [0.15, 0.2) is 18.5 Å². The molecule has 1 amide bonds. The molecular formula is C12H17N3OS. The van der Waals surface area contributed by atoms with Crippen molar-refractivity contribution in [2.45, 2.75) is 26.8 Å². The normalized spacial score (nSPS) is 11.9. The summed E-state index contributed by atoms with van der Waals surface area (Å²) in [5, 5.41) is 2.84. The van der Waals surface area contributed by atoms with E-state index >= 15 is 0 Å². The molecule has 0 aliphatic carbocycles. The lowest BCUT2D eigenvalue weighted by Crippen LogP contribution is -2.37. The number of carbonyl (C=O) groups is 1. The van der Waals surface area contributed by atoms with Crippen LogP contribution in [-0.2, 0) is 11.3 Å². The fourth-order valence-electron chi connectivity index (χ4n) is 1.52. The van der Waals surface area contributed by atoms with Gasteiger partial charge in [-0.05, 0) is 30.5 Å². The minimum atomic E-state index is -0.382. The summed E-state index contributed by atoms with van der Waals surface area (Å²) in [7, 11) is 0. The number of pyridine rings is 1. The zero-order valence-corrected chi connectivity index (χ0v) is 10.9. The van der Waals surface area contributed by atoms with Gasteiger partial charge >= 0.3 is 0 Å². The quantitative estimate of drug-likeness (QED) is 0.774. The maximum atomic E-state index is 11.8. The molecular weight excluding hydrogens is 234 g/mol. The predicted octanol–water partition coefficient (Wildman–Crippen LogP) is 1.32. The third-order valence-corrected chi connectivity index (χ3v) is 2.94. The first-order valence-electron chi connectivity index (χ1n) is 5.52. The van der Waals surface area contributed by atoms with Crippen LogP contribution < -0.4 is 11.1 Å².